The van der Waals surface area contributed by atoms with Crippen LogP contribution in [0.25, 0.3) is 0 Å². The molecule has 156 valence electrons. The Balaban J connectivity index is 1.49. The van der Waals surface area contributed by atoms with Crippen LogP contribution in [0.2, 0.25) is 5.02 Å². The van der Waals surface area contributed by atoms with Gasteiger partial charge in [-0.05, 0) is 68.2 Å². The van der Waals surface area contributed by atoms with Gasteiger partial charge in [-0.25, -0.2) is 0 Å². The molecule has 1 saturated carbocycles. The summed E-state index contributed by atoms with van der Waals surface area (Å²) in [5.74, 6) is 1.08. The Morgan fingerprint density at radius 3 is 2.69 bits per heavy atom. The summed E-state index contributed by atoms with van der Waals surface area (Å²) in [6, 6.07) is 8.23. The second-order valence-electron chi connectivity index (χ2n) is 8.13. The van der Waals surface area contributed by atoms with Gasteiger partial charge in [-0.1, -0.05) is 36.4 Å². The fourth-order valence-corrected chi connectivity index (χ4v) is 4.55. The molecule has 0 atom stereocenters. The average Bonchev–Trinajstić information content (AvgIpc) is 3.26. The molecule has 0 aromatic heterocycles. The number of aliphatic imine (C=N–C) groups is 1. The van der Waals surface area contributed by atoms with Gasteiger partial charge in [0.1, 0.15) is 5.84 Å². The van der Waals surface area contributed by atoms with Crippen molar-refractivity contribution >= 4 is 23.3 Å². The molecule has 0 heterocycles. The molecule has 4 nitrogen and oxygen atoms in total. The van der Waals surface area contributed by atoms with Crippen LogP contribution in [0.5, 0.6) is 0 Å². The van der Waals surface area contributed by atoms with Crippen LogP contribution in [-0.4, -0.2) is 42.8 Å². The van der Waals surface area contributed by atoms with Crippen LogP contribution in [0.15, 0.2) is 53.1 Å². The van der Waals surface area contributed by atoms with E-state index < -0.39 is 0 Å². The van der Waals surface area contributed by atoms with Gasteiger partial charge in [-0.3, -0.25) is 9.79 Å². The predicted molar refractivity (Wildman–Crippen MR) is 122 cm³/mol. The molecule has 0 radical (unpaired) electrons. The van der Waals surface area contributed by atoms with Crippen molar-refractivity contribution in [2.75, 3.05) is 14.1 Å². The molecule has 0 saturated heterocycles. The fraction of sp³-hybridized carbons (Fsp3) is 0.500. The number of carbonyl (C=O) groups excluding carboxylic acids is 1. The lowest BCUT2D eigenvalue weighted by atomic mass is 9.89. The number of amidine groups is 1. The fourth-order valence-electron chi connectivity index (χ4n) is 4.33. The Bertz CT molecular complexity index is 806. The van der Waals surface area contributed by atoms with Crippen molar-refractivity contribution in [3.05, 3.63) is 58.7 Å². The van der Waals surface area contributed by atoms with Gasteiger partial charge >= 0.3 is 0 Å². The Morgan fingerprint density at radius 2 is 2.07 bits per heavy atom. The maximum Gasteiger partial charge on any atom is 0.226 e. The molecule has 2 aliphatic carbocycles. The highest BCUT2D eigenvalue weighted by Crippen LogP contribution is 2.26. The topological polar surface area (TPSA) is 44.7 Å². The van der Waals surface area contributed by atoms with Crippen LogP contribution in [0.4, 0.5) is 0 Å². The number of halogens is 1. The van der Waals surface area contributed by atoms with E-state index in [0.717, 1.165) is 55.5 Å². The number of hydrogen-bond acceptors (Lipinski definition) is 2. The number of hydrogen-bond donors (Lipinski definition) is 1. The number of likely N-dealkylation sites (N-methyl/N-ethyl adjacent to an activating group) is 1. The zero-order valence-corrected chi connectivity index (χ0v) is 18.3. The van der Waals surface area contributed by atoms with Gasteiger partial charge in [0.05, 0.1) is 6.42 Å². The molecular weight excluding hydrogens is 382 g/mol. The van der Waals surface area contributed by atoms with Gasteiger partial charge in [0.2, 0.25) is 5.91 Å². The summed E-state index contributed by atoms with van der Waals surface area (Å²) in [6.07, 6.45) is 10.2. The van der Waals surface area contributed by atoms with Gasteiger partial charge in [-0.2, -0.15) is 0 Å². The van der Waals surface area contributed by atoms with Crippen LogP contribution in [0, 0.1) is 0 Å². The first-order valence-electron chi connectivity index (χ1n) is 10.6. The van der Waals surface area contributed by atoms with Crippen molar-refractivity contribution < 1.29 is 4.79 Å². The van der Waals surface area contributed by atoms with Gasteiger partial charge in [0, 0.05) is 36.8 Å². The number of benzene rings is 1. The summed E-state index contributed by atoms with van der Waals surface area (Å²) < 4.78 is 0. The number of rotatable bonds is 6. The zero-order valence-electron chi connectivity index (χ0n) is 17.6. The van der Waals surface area contributed by atoms with Crippen LogP contribution in [-0.2, 0) is 11.2 Å². The van der Waals surface area contributed by atoms with Crippen LogP contribution >= 0.6 is 11.6 Å². The van der Waals surface area contributed by atoms with Gasteiger partial charge in [0.25, 0.3) is 0 Å². The molecule has 0 bridgehead atoms. The Hall–Kier alpha value is -2.07. The smallest absolute Gasteiger partial charge is 0.226 e. The summed E-state index contributed by atoms with van der Waals surface area (Å²) in [4.78, 5) is 19.1. The maximum atomic E-state index is 12.7. The van der Waals surface area contributed by atoms with E-state index in [0.29, 0.717) is 23.5 Å². The van der Waals surface area contributed by atoms with E-state index in [4.69, 9.17) is 11.6 Å². The Morgan fingerprint density at radius 1 is 1.31 bits per heavy atom. The van der Waals surface area contributed by atoms with E-state index in [1.807, 2.05) is 43.3 Å². The van der Waals surface area contributed by atoms with Crippen molar-refractivity contribution in [2.45, 2.75) is 63.5 Å². The van der Waals surface area contributed by atoms with E-state index in [2.05, 4.69) is 23.0 Å². The molecule has 1 amide bonds. The monoisotopic (exact) mass is 413 g/mol. The summed E-state index contributed by atoms with van der Waals surface area (Å²) in [5.41, 5.74) is 3.34. The first kappa shape index (κ1) is 21.6. The van der Waals surface area contributed by atoms with Crippen molar-refractivity contribution in [1.82, 2.24) is 10.2 Å². The summed E-state index contributed by atoms with van der Waals surface area (Å²) in [6.45, 7) is 4.26. The second-order valence-corrected chi connectivity index (χ2v) is 8.57. The average molecular weight is 414 g/mol. The lowest BCUT2D eigenvalue weighted by Gasteiger charge is -2.35. The third kappa shape index (κ3) is 5.72. The first-order chi connectivity index (χ1) is 14.0. The van der Waals surface area contributed by atoms with Gasteiger partial charge in [-0.15, -0.1) is 0 Å². The quantitative estimate of drug-likeness (QED) is 0.530. The number of nitrogens with zero attached hydrogens (tertiary/aromatic N) is 2. The number of nitrogens with one attached hydrogen (secondary N) is 1. The third-order valence-corrected chi connectivity index (χ3v) is 6.40. The molecule has 5 heteroatoms. The highest BCUT2D eigenvalue weighted by Gasteiger charge is 2.27. The molecule has 1 N–H and O–H groups in total. The minimum atomic E-state index is 0.154. The van der Waals surface area contributed by atoms with Crippen molar-refractivity contribution in [2.24, 2.45) is 4.99 Å². The predicted octanol–water partition coefficient (Wildman–Crippen LogP) is 4.94. The minimum Gasteiger partial charge on any atom is -0.367 e. The summed E-state index contributed by atoms with van der Waals surface area (Å²) in [7, 11) is 3.76. The van der Waals surface area contributed by atoms with Gasteiger partial charge in [0.15, 0.2) is 0 Å². The molecule has 2 aliphatic rings. The molecule has 3 rings (SSSR count). The molecule has 0 aliphatic heterocycles. The SMILES string of the molecule is C=C(C1=CCCC1)C(=NC)NC1CCC(N(C)C(=O)Cc2cccc(Cl)c2)CC1. The Labute approximate surface area is 179 Å². The largest absolute Gasteiger partial charge is 0.367 e. The van der Waals surface area contributed by atoms with E-state index in [1.165, 1.54) is 12.0 Å². The van der Waals surface area contributed by atoms with E-state index in [-0.39, 0.29) is 5.91 Å². The number of amides is 1. The molecule has 0 unspecified atom stereocenters. The molecular formula is C24H32ClN3O. The lowest BCUT2D eigenvalue weighted by Crippen LogP contribution is -2.45. The van der Waals surface area contributed by atoms with Crippen molar-refractivity contribution in [3.8, 4) is 0 Å². The van der Waals surface area contributed by atoms with Crippen molar-refractivity contribution in [1.29, 1.82) is 0 Å². The zero-order chi connectivity index (χ0) is 20.8. The van der Waals surface area contributed by atoms with Gasteiger partial charge < -0.3 is 10.2 Å². The number of allylic oxidation sites excluding steroid dienone is 1. The molecule has 1 aromatic rings. The Kier molecular flexibility index (Phi) is 7.54. The first-order valence-corrected chi connectivity index (χ1v) is 11.0. The molecule has 29 heavy (non-hydrogen) atoms. The third-order valence-electron chi connectivity index (χ3n) is 6.16. The summed E-state index contributed by atoms with van der Waals surface area (Å²) >= 11 is 6.04. The minimum absolute atomic E-state index is 0.154. The van der Waals surface area contributed by atoms with Crippen LogP contribution in [0.1, 0.15) is 50.5 Å². The lowest BCUT2D eigenvalue weighted by molar-refractivity contribution is -0.131. The van der Waals surface area contributed by atoms with Crippen LogP contribution in [0.3, 0.4) is 0 Å². The second kappa shape index (κ2) is 10.1. The van der Waals surface area contributed by atoms with E-state index in [1.54, 1.807) is 0 Å². The van der Waals surface area contributed by atoms with E-state index in [9.17, 15) is 4.79 Å². The van der Waals surface area contributed by atoms with E-state index >= 15 is 0 Å². The standard InChI is InChI=1S/C24H32ClN3O/c1-17(19-8-4-5-9-19)24(26-2)27-21-11-13-22(14-12-21)28(3)23(29)16-18-7-6-10-20(25)15-18/h6-8,10,15,21-22H,1,4-5,9,11-14,16H2,2-3H3,(H,26,27). The normalized spacial score (nSPS) is 22.2. The number of carbonyl (C=O) groups is 1. The van der Waals surface area contributed by atoms with Crippen LogP contribution < -0.4 is 5.32 Å². The highest BCUT2D eigenvalue weighted by atomic mass is 35.5. The molecule has 1 aromatic carbocycles. The molecule has 0 spiro atoms. The summed E-state index contributed by atoms with van der Waals surface area (Å²) in [5, 5.41) is 4.28. The highest BCUT2D eigenvalue weighted by molar-refractivity contribution is 6.30. The van der Waals surface area contributed by atoms with Crippen molar-refractivity contribution in [3.63, 3.8) is 0 Å². The maximum absolute atomic E-state index is 12.7. The molecule has 1 fully saturated rings.